The number of nitrogens with zero attached hydrogens (tertiary/aromatic N) is 1. The molecule has 16 heavy (non-hydrogen) atoms. The lowest BCUT2D eigenvalue weighted by Gasteiger charge is -2.11. The first-order valence-electron chi connectivity index (χ1n) is 5.08. The van der Waals surface area contributed by atoms with E-state index in [9.17, 15) is 9.70 Å². The average molecular weight is 217 g/mol. The lowest BCUT2D eigenvalue weighted by Crippen LogP contribution is -1.97. The second-order valence-corrected chi connectivity index (χ2v) is 4.73. The molecule has 0 radical (unpaired) electrons. The molecule has 0 saturated heterocycles. The molecule has 0 unspecified atom stereocenters. The molecule has 0 amide bonds. The number of rotatable bonds is 3. The Balaban J connectivity index is 3.05. The molecule has 84 valence electrons. The van der Waals surface area contributed by atoms with Gasteiger partial charge in [0, 0.05) is 5.56 Å². The van der Waals surface area contributed by atoms with Gasteiger partial charge in [0.1, 0.15) is 5.69 Å². The zero-order valence-electron chi connectivity index (χ0n) is 9.73. The predicted molar refractivity (Wildman–Crippen MR) is 65.8 cm³/mol. The number of aldehydes is 1. The van der Waals surface area contributed by atoms with Crippen LogP contribution in [0.4, 0.5) is 5.69 Å². The van der Waals surface area contributed by atoms with Gasteiger partial charge >= 0.3 is 0 Å². The molecule has 0 bridgehead atoms. The standard InChI is InChI=1S/C13H15NO2/c1-13(2,3)7-6-10-4-5-11(9-15)12(8-10)14-16/h4-9H,1-3H3/b7-6+. The number of nitroso groups, excluding NO2 is 1. The van der Waals surface area contributed by atoms with Gasteiger partial charge < -0.3 is 0 Å². The molecule has 3 nitrogen and oxygen atoms in total. The van der Waals surface area contributed by atoms with Crippen molar-refractivity contribution in [3.8, 4) is 0 Å². The van der Waals surface area contributed by atoms with Crippen LogP contribution in [0.3, 0.4) is 0 Å². The minimum Gasteiger partial charge on any atom is -0.298 e. The van der Waals surface area contributed by atoms with Crippen molar-refractivity contribution in [3.05, 3.63) is 40.3 Å². The summed E-state index contributed by atoms with van der Waals surface area (Å²) in [6.45, 7) is 6.26. The fourth-order valence-electron chi connectivity index (χ4n) is 1.19. The van der Waals surface area contributed by atoms with Gasteiger partial charge in [0.2, 0.25) is 0 Å². The minimum atomic E-state index is 0.0814. The van der Waals surface area contributed by atoms with Crippen LogP contribution >= 0.6 is 0 Å². The van der Waals surface area contributed by atoms with E-state index in [0.29, 0.717) is 11.8 Å². The Hall–Kier alpha value is -1.77. The fourth-order valence-corrected chi connectivity index (χ4v) is 1.19. The highest BCUT2D eigenvalue weighted by Crippen LogP contribution is 2.22. The summed E-state index contributed by atoms with van der Waals surface area (Å²) in [7, 11) is 0. The monoisotopic (exact) mass is 217 g/mol. The van der Waals surface area contributed by atoms with E-state index in [0.717, 1.165) is 5.56 Å². The molecule has 0 aliphatic carbocycles. The molecule has 1 aromatic carbocycles. The van der Waals surface area contributed by atoms with Crippen molar-refractivity contribution in [2.75, 3.05) is 0 Å². The second-order valence-electron chi connectivity index (χ2n) is 4.73. The van der Waals surface area contributed by atoms with Crippen molar-refractivity contribution >= 4 is 18.0 Å². The first kappa shape index (κ1) is 12.3. The lowest BCUT2D eigenvalue weighted by atomic mass is 9.95. The maximum atomic E-state index is 10.6. The Labute approximate surface area is 95.2 Å². The van der Waals surface area contributed by atoms with E-state index in [1.165, 1.54) is 0 Å². The van der Waals surface area contributed by atoms with E-state index in [1.54, 1.807) is 18.2 Å². The van der Waals surface area contributed by atoms with Crippen molar-refractivity contribution in [1.29, 1.82) is 0 Å². The predicted octanol–water partition coefficient (Wildman–Crippen LogP) is 3.96. The number of benzene rings is 1. The number of hydrogen-bond acceptors (Lipinski definition) is 3. The van der Waals surface area contributed by atoms with E-state index in [-0.39, 0.29) is 11.1 Å². The Bertz CT molecular complexity index is 428. The summed E-state index contributed by atoms with van der Waals surface area (Å²) < 4.78 is 0. The summed E-state index contributed by atoms with van der Waals surface area (Å²) in [5.74, 6) is 0. The second kappa shape index (κ2) is 4.84. The zero-order chi connectivity index (χ0) is 12.2. The van der Waals surface area contributed by atoms with E-state index in [1.807, 2.05) is 12.2 Å². The van der Waals surface area contributed by atoms with E-state index in [4.69, 9.17) is 0 Å². The van der Waals surface area contributed by atoms with Gasteiger partial charge in [-0.2, -0.15) is 0 Å². The van der Waals surface area contributed by atoms with Crippen LogP contribution in [0.15, 0.2) is 29.5 Å². The highest BCUT2D eigenvalue weighted by atomic mass is 16.3. The average Bonchev–Trinajstić information content (AvgIpc) is 2.25. The topological polar surface area (TPSA) is 46.5 Å². The smallest absolute Gasteiger partial charge is 0.152 e. The minimum absolute atomic E-state index is 0.0814. The molecule has 0 fully saturated rings. The van der Waals surface area contributed by atoms with Crippen molar-refractivity contribution in [2.24, 2.45) is 10.6 Å². The molecule has 0 heterocycles. The van der Waals surface area contributed by atoms with Crippen LogP contribution in [-0.4, -0.2) is 6.29 Å². The van der Waals surface area contributed by atoms with E-state index >= 15 is 0 Å². The van der Waals surface area contributed by atoms with Crippen LogP contribution in [0.5, 0.6) is 0 Å². The Kier molecular flexibility index (Phi) is 3.72. The van der Waals surface area contributed by atoms with Crippen LogP contribution in [0, 0.1) is 10.3 Å². The fraction of sp³-hybridized carbons (Fsp3) is 0.308. The SMILES string of the molecule is CC(C)(C)/C=C/c1ccc(C=O)c(N=O)c1. The van der Waals surface area contributed by atoms with Crippen LogP contribution in [-0.2, 0) is 0 Å². The summed E-state index contributed by atoms with van der Waals surface area (Å²) in [4.78, 5) is 21.1. The van der Waals surface area contributed by atoms with Gasteiger partial charge in [0.15, 0.2) is 6.29 Å². The third-order valence-corrected chi connectivity index (χ3v) is 2.06. The summed E-state index contributed by atoms with van der Waals surface area (Å²) in [5.41, 5.74) is 1.46. The Morgan fingerprint density at radius 1 is 1.25 bits per heavy atom. The summed E-state index contributed by atoms with van der Waals surface area (Å²) >= 11 is 0. The molecular formula is C13H15NO2. The molecule has 0 N–H and O–H groups in total. The normalized spacial score (nSPS) is 11.7. The van der Waals surface area contributed by atoms with Gasteiger partial charge in [-0.25, -0.2) is 0 Å². The maximum absolute atomic E-state index is 10.6. The molecule has 0 saturated carbocycles. The molecular weight excluding hydrogens is 202 g/mol. The Morgan fingerprint density at radius 3 is 2.44 bits per heavy atom. The molecule has 0 spiro atoms. The first-order chi connectivity index (χ1) is 7.46. The molecule has 0 aliphatic heterocycles. The number of carbonyl (C=O) groups excluding carboxylic acids is 1. The van der Waals surface area contributed by atoms with Crippen LogP contribution < -0.4 is 0 Å². The maximum Gasteiger partial charge on any atom is 0.152 e. The Morgan fingerprint density at radius 2 is 1.94 bits per heavy atom. The number of allylic oxidation sites excluding steroid dienone is 1. The van der Waals surface area contributed by atoms with Gasteiger partial charge in [0.25, 0.3) is 0 Å². The quantitative estimate of drug-likeness (QED) is 0.568. The molecule has 1 aromatic rings. The largest absolute Gasteiger partial charge is 0.298 e. The van der Waals surface area contributed by atoms with Crippen LogP contribution in [0.1, 0.15) is 36.7 Å². The van der Waals surface area contributed by atoms with E-state index < -0.39 is 0 Å². The highest BCUT2D eigenvalue weighted by molar-refractivity contribution is 5.83. The van der Waals surface area contributed by atoms with Gasteiger partial charge in [-0.05, 0) is 28.3 Å². The summed E-state index contributed by atoms with van der Waals surface area (Å²) in [6.07, 6.45) is 4.59. The zero-order valence-corrected chi connectivity index (χ0v) is 9.73. The van der Waals surface area contributed by atoms with Gasteiger partial charge in [-0.1, -0.05) is 39.0 Å². The first-order valence-corrected chi connectivity index (χ1v) is 5.08. The van der Waals surface area contributed by atoms with Crippen molar-refractivity contribution in [2.45, 2.75) is 20.8 Å². The summed E-state index contributed by atoms with van der Waals surface area (Å²) in [5, 5.41) is 2.83. The molecule has 0 aliphatic rings. The van der Waals surface area contributed by atoms with Crippen molar-refractivity contribution in [3.63, 3.8) is 0 Å². The molecule has 0 aromatic heterocycles. The third kappa shape index (κ3) is 3.42. The molecule has 3 heteroatoms. The lowest BCUT2D eigenvalue weighted by molar-refractivity contribution is 0.112. The van der Waals surface area contributed by atoms with Crippen molar-refractivity contribution < 1.29 is 4.79 Å². The van der Waals surface area contributed by atoms with E-state index in [2.05, 4.69) is 25.9 Å². The van der Waals surface area contributed by atoms with Gasteiger partial charge in [-0.3, -0.25) is 4.79 Å². The highest BCUT2D eigenvalue weighted by Gasteiger charge is 2.05. The number of hydrogen-bond donors (Lipinski definition) is 0. The van der Waals surface area contributed by atoms with Gasteiger partial charge in [-0.15, -0.1) is 4.91 Å². The van der Waals surface area contributed by atoms with Crippen molar-refractivity contribution in [1.82, 2.24) is 0 Å². The molecule has 0 atom stereocenters. The van der Waals surface area contributed by atoms with Crippen LogP contribution in [0.25, 0.3) is 6.08 Å². The van der Waals surface area contributed by atoms with Crippen LogP contribution in [0.2, 0.25) is 0 Å². The van der Waals surface area contributed by atoms with Gasteiger partial charge in [0.05, 0.1) is 0 Å². The number of carbonyl (C=O) groups is 1. The molecule has 1 rings (SSSR count). The third-order valence-electron chi connectivity index (χ3n) is 2.06. The summed E-state index contributed by atoms with van der Waals surface area (Å²) in [6, 6.07) is 5.01.